The third-order valence-electron chi connectivity index (χ3n) is 3.57. The van der Waals surface area contributed by atoms with Crippen molar-refractivity contribution >= 4 is 12.0 Å². The molecule has 0 spiro atoms. The van der Waals surface area contributed by atoms with Crippen LogP contribution >= 0.6 is 0 Å². The van der Waals surface area contributed by atoms with Gasteiger partial charge in [-0.25, -0.2) is 4.79 Å². The Bertz CT molecular complexity index is 322. The van der Waals surface area contributed by atoms with E-state index in [-0.39, 0.29) is 12.6 Å². The van der Waals surface area contributed by atoms with E-state index in [4.69, 9.17) is 5.11 Å². The predicted octanol–water partition coefficient (Wildman–Crippen LogP) is 0.929. The quantitative estimate of drug-likeness (QED) is 0.780. The summed E-state index contributed by atoms with van der Waals surface area (Å²) in [7, 11) is 3.82. The first-order valence-electron chi connectivity index (χ1n) is 6.87. The molecule has 0 saturated carbocycles. The van der Waals surface area contributed by atoms with Crippen molar-refractivity contribution in [1.29, 1.82) is 0 Å². The summed E-state index contributed by atoms with van der Waals surface area (Å²) in [6.07, 6.45) is 3.02. The lowest BCUT2D eigenvalue weighted by Crippen LogP contribution is -2.47. The Morgan fingerprint density at radius 3 is 2.58 bits per heavy atom. The van der Waals surface area contributed by atoms with Gasteiger partial charge in [-0.2, -0.15) is 0 Å². The van der Waals surface area contributed by atoms with E-state index in [1.54, 1.807) is 11.9 Å². The molecule has 0 aromatic carbocycles. The third-order valence-corrected chi connectivity index (χ3v) is 3.57. The molecule has 1 heterocycles. The van der Waals surface area contributed by atoms with Gasteiger partial charge in [0, 0.05) is 26.2 Å². The summed E-state index contributed by atoms with van der Waals surface area (Å²) in [5.41, 5.74) is 0. The molecule has 1 rings (SSSR count). The van der Waals surface area contributed by atoms with Gasteiger partial charge >= 0.3 is 12.0 Å². The van der Waals surface area contributed by atoms with E-state index in [1.807, 2.05) is 6.92 Å². The second-order valence-electron chi connectivity index (χ2n) is 5.26. The maximum Gasteiger partial charge on any atom is 0.323 e. The molecular weight excluding hydrogens is 246 g/mol. The van der Waals surface area contributed by atoms with E-state index in [9.17, 15) is 9.59 Å². The highest BCUT2D eigenvalue weighted by Gasteiger charge is 2.26. The number of nitrogens with zero attached hydrogens (tertiary/aromatic N) is 3. The minimum absolute atomic E-state index is 0.190. The molecule has 1 N–H and O–H groups in total. The number of carboxylic acid groups (broad SMARTS) is 1. The maximum absolute atomic E-state index is 12.2. The molecule has 0 radical (unpaired) electrons. The zero-order chi connectivity index (χ0) is 14.4. The van der Waals surface area contributed by atoms with Crippen molar-refractivity contribution in [2.24, 2.45) is 0 Å². The Labute approximate surface area is 115 Å². The lowest BCUT2D eigenvalue weighted by atomic mass is 10.2. The summed E-state index contributed by atoms with van der Waals surface area (Å²) < 4.78 is 0. The molecule has 110 valence electrons. The zero-order valence-corrected chi connectivity index (χ0v) is 12.1. The zero-order valence-electron chi connectivity index (χ0n) is 12.1. The molecule has 1 aliphatic rings. The maximum atomic E-state index is 12.2. The van der Waals surface area contributed by atoms with E-state index in [2.05, 4.69) is 11.9 Å². The summed E-state index contributed by atoms with van der Waals surface area (Å²) in [5, 5.41) is 8.85. The Morgan fingerprint density at radius 2 is 2.11 bits per heavy atom. The number of carbonyl (C=O) groups excluding carboxylic acids is 1. The Hall–Kier alpha value is -1.30. The molecule has 0 aromatic rings. The average molecular weight is 271 g/mol. The average Bonchev–Trinajstić information content (AvgIpc) is 2.73. The fourth-order valence-electron chi connectivity index (χ4n) is 2.52. The van der Waals surface area contributed by atoms with Crippen LogP contribution in [0.15, 0.2) is 0 Å². The van der Waals surface area contributed by atoms with Crippen LogP contribution in [0.25, 0.3) is 0 Å². The Kier molecular flexibility index (Phi) is 6.08. The van der Waals surface area contributed by atoms with E-state index >= 15 is 0 Å². The molecule has 19 heavy (non-hydrogen) atoms. The number of carboxylic acids is 1. The van der Waals surface area contributed by atoms with Crippen molar-refractivity contribution in [2.75, 3.05) is 40.3 Å². The summed E-state index contributed by atoms with van der Waals surface area (Å²) in [6.45, 7) is 3.93. The first-order chi connectivity index (χ1) is 8.95. The summed E-state index contributed by atoms with van der Waals surface area (Å²) in [6, 6.07) is 0.201. The summed E-state index contributed by atoms with van der Waals surface area (Å²) in [5.74, 6) is -0.965. The number of carbonyl (C=O) groups is 2. The molecule has 1 fully saturated rings. The van der Waals surface area contributed by atoms with Crippen molar-refractivity contribution in [3.63, 3.8) is 0 Å². The van der Waals surface area contributed by atoms with Crippen LogP contribution in [0.2, 0.25) is 0 Å². The first kappa shape index (κ1) is 15.8. The number of urea groups is 1. The largest absolute Gasteiger partial charge is 0.480 e. The number of likely N-dealkylation sites (tertiary alicyclic amines) is 1. The number of amides is 2. The highest BCUT2D eigenvalue weighted by molar-refractivity contribution is 5.80. The summed E-state index contributed by atoms with van der Waals surface area (Å²) in [4.78, 5) is 28.3. The lowest BCUT2D eigenvalue weighted by molar-refractivity contribution is -0.137. The van der Waals surface area contributed by atoms with Gasteiger partial charge in [0.1, 0.15) is 6.54 Å². The monoisotopic (exact) mass is 271 g/mol. The predicted molar refractivity (Wildman–Crippen MR) is 73.2 cm³/mol. The smallest absolute Gasteiger partial charge is 0.323 e. The molecule has 1 aliphatic heterocycles. The molecule has 0 aliphatic carbocycles. The van der Waals surface area contributed by atoms with Crippen LogP contribution in [0.1, 0.15) is 26.2 Å². The third kappa shape index (κ3) is 4.70. The molecule has 1 unspecified atom stereocenters. The van der Waals surface area contributed by atoms with Gasteiger partial charge in [0.25, 0.3) is 0 Å². The number of hydrogen-bond donors (Lipinski definition) is 1. The minimum atomic E-state index is -0.965. The standard InChI is InChI=1S/C13H25N3O3/c1-4-7-16(10-12(17)18)13(19)15(3)9-11-6-5-8-14(11)2/h11H,4-10H2,1-3H3,(H,17,18). The second kappa shape index (κ2) is 7.33. The van der Waals surface area contributed by atoms with Crippen LogP contribution in [0.3, 0.4) is 0 Å². The van der Waals surface area contributed by atoms with Crippen LogP contribution in [-0.4, -0.2) is 78.1 Å². The van der Waals surface area contributed by atoms with E-state index < -0.39 is 5.97 Å². The molecule has 0 aromatic heterocycles. The van der Waals surface area contributed by atoms with Crippen molar-refractivity contribution in [2.45, 2.75) is 32.2 Å². The fourth-order valence-corrected chi connectivity index (χ4v) is 2.52. The number of aliphatic carboxylic acids is 1. The van der Waals surface area contributed by atoms with Gasteiger partial charge < -0.3 is 19.8 Å². The van der Waals surface area contributed by atoms with Crippen LogP contribution in [0, 0.1) is 0 Å². The molecule has 2 amide bonds. The van der Waals surface area contributed by atoms with Crippen molar-refractivity contribution in [3.05, 3.63) is 0 Å². The Morgan fingerprint density at radius 1 is 1.42 bits per heavy atom. The Balaban J connectivity index is 2.54. The van der Waals surface area contributed by atoms with Crippen molar-refractivity contribution in [3.8, 4) is 0 Å². The molecule has 1 saturated heterocycles. The SMILES string of the molecule is CCCN(CC(=O)O)C(=O)N(C)CC1CCCN1C. The fraction of sp³-hybridized carbons (Fsp3) is 0.846. The van der Waals surface area contributed by atoms with Gasteiger partial charge in [0.2, 0.25) is 0 Å². The van der Waals surface area contributed by atoms with Gasteiger partial charge in [-0.05, 0) is 32.9 Å². The lowest BCUT2D eigenvalue weighted by Gasteiger charge is -2.30. The van der Waals surface area contributed by atoms with E-state index in [0.717, 1.165) is 25.8 Å². The van der Waals surface area contributed by atoms with Crippen LogP contribution in [0.4, 0.5) is 4.79 Å². The van der Waals surface area contributed by atoms with Gasteiger partial charge in [0.15, 0.2) is 0 Å². The number of rotatable bonds is 6. The molecule has 6 heteroatoms. The number of hydrogen-bond acceptors (Lipinski definition) is 3. The molecule has 0 bridgehead atoms. The van der Waals surface area contributed by atoms with Gasteiger partial charge in [-0.1, -0.05) is 6.92 Å². The van der Waals surface area contributed by atoms with Gasteiger partial charge in [-0.3, -0.25) is 4.79 Å². The van der Waals surface area contributed by atoms with E-state index in [1.165, 1.54) is 4.90 Å². The van der Waals surface area contributed by atoms with Crippen molar-refractivity contribution < 1.29 is 14.7 Å². The van der Waals surface area contributed by atoms with Gasteiger partial charge in [0.05, 0.1) is 0 Å². The van der Waals surface area contributed by atoms with Crippen molar-refractivity contribution in [1.82, 2.24) is 14.7 Å². The summed E-state index contributed by atoms with van der Waals surface area (Å²) >= 11 is 0. The topological polar surface area (TPSA) is 64.1 Å². The highest BCUT2D eigenvalue weighted by Crippen LogP contribution is 2.16. The number of likely N-dealkylation sites (N-methyl/N-ethyl adjacent to an activating group) is 2. The highest BCUT2D eigenvalue weighted by atomic mass is 16.4. The van der Waals surface area contributed by atoms with Crippen LogP contribution in [0.5, 0.6) is 0 Å². The normalized spacial score (nSPS) is 19.4. The molecule has 6 nitrogen and oxygen atoms in total. The first-order valence-corrected chi connectivity index (χ1v) is 6.87. The van der Waals surface area contributed by atoms with E-state index in [0.29, 0.717) is 19.1 Å². The molecular formula is C13H25N3O3. The van der Waals surface area contributed by atoms with Crippen LogP contribution < -0.4 is 0 Å². The molecule has 1 atom stereocenters. The minimum Gasteiger partial charge on any atom is -0.480 e. The second-order valence-corrected chi connectivity index (χ2v) is 5.26. The van der Waals surface area contributed by atoms with Crippen LogP contribution in [-0.2, 0) is 4.79 Å². The van der Waals surface area contributed by atoms with Gasteiger partial charge in [-0.15, -0.1) is 0 Å².